The maximum Gasteiger partial charge on any atom is 0.349 e. The number of ether oxygens (including phenoxy) is 3. The topological polar surface area (TPSA) is 61.8 Å². The van der Waals surface area contributed by atoms with Crippen molar-refractivity contribution in [1.82, 2.24) is 0 Å². The molecule has 0 aliphatic rings. The molecule has 3 aromatic carbocycles. The van der Waals surface area contributed by atoms with Crippen molar-refractivity contribution >= 4 is 27.9 Å². The van der Waals surface area contributed by atoms with Gasteiger partial charge in [0.25, 0.3) is 0 Å². The van der Waals surface area contributed by atoms with E-state index in [4.69, 9.17) is 9.47 Å². The van der Waals surface area contributed by atoms with Crippen molar-refractivity contribution in [2.24, 2.45) is 0 Å². The Morgan fingerprint density at radius 2 is 1.61 bits per heavy atom. The van der Waals surface area contributed by atoms with E-state index < -0.39 is 11.9 Å². The molecule has 0 unspecified atom stereocenters. The van der Waals surface area contributed by atoms with Crippen LogP contribution in [-0.4, -0.2) is 25.7 Å². The summed E-state index contributed by atoms with van der Waals surface area (Å²) in [7, 11) is 1.30. The monoisotopic (exact) mass is 440 g/mol. The Balaban J connectivity index is 1.58. The van der Waals surface area contributed by atoms with Crippen LogP contribution in [0.4, 0.5) is 0 Å². The van der Waals surface area contributed by atoms with E-state index >= 15 is 0 Å². The molecule has 0 saturated heterocycles. The summed E-state index contributed by atoms with van der Waals surface area (Å²) in [4.78, 5) is 23.4. The standard InChI is InChI=1S/C22H17BrO5/c1-26-22(25)16-7-10-18(11-8-16)28-21(24)14-27-20-12-9-17(13-19(20)23)15-5-3-2-4-6-15/h2-13H,14H2,1H3. The van der Waals surface area contributed by atoms with Crippen molar-refractivity contribution in [1.29, 1.82) is 0 Å². The third-order valence-electron chi connectivity index (χ3n) is 3.89. The maximum atomic E-state index is 12.0. The number of carbonyl (C=O) groups excluding carboxylic acids is 2. The van der Waals surface area contributed by atoms with Crippen LogP contribution in [0.1, 0.15) is 10.4 Å². The second kappa shape index (κ2) is 9.19. The van der Waals surface area contributed by atoms with Crippen LogP contribution < -0.4 is 9.47 Å². The van der Waals surface area contributed by atoms with Gasteiger partial charge in [0.2, 0.25) is 0 Å². The maximum absolute atomic E-state index is 12.0. The molecule has 0 amide bonds. The molecule has 142 valence electrons. The van der Waals surface area contributed by atoms with Crippen molar-refractivity contribution in [3.8, 4) is 22.6 Å². The fourth-order valence-electron chi connectivity index (χ4n) is 2.50. The van der Waals surface area contributed by atoms with Gasteiger partial charge in [-0.1, -0.05) is 36.4 Å². The first-order chi connectivity index (χ1) is 13.6. The van der Waals surface area contributed by atoms with E-state index in [0.29, 0.717) is 17.1 Å². The minimum Gasteiger partial charge on any atom is -0.481 e. The predicted octanol–water partition coefficient (Wildman–Crippen LogP) is 4.89. The minimum atomic E-state index is -0.551. The van der Waals surface area contributed by atoms with Crippen molar-refractivity contribution in [3.63, 3.8) is 0 Å². The third-order valence-corrected chi connectivity index (χ3v) is 4.51. The Bertz CT molecular complexity index is 968. The molecule has 0 aliphatic heterocycles. The zero-order valence-electron chi connectivity index (χ0n) is 15.1. The number of esters is 2. The van der Waals surface area contributed by atoms with Crippen LogP contribution in [-0.2, 0) is 9.53 Å². The fraction of sp³-hybridized carbons (Fsp3) is 0.0909. The Kier molecular flexibility index (Phi) is 6.45. The van der Waals surface area contributed by atoms with Gasteiger partial charge in [-0.05, 0) is 63.5 Å². The number of hydrogen-bond acceptors (Lipinski definition) is 5. The lowest BCUT2D eigenvalue weighted by atomic mass is 10.1. The fourth-order valence-corrected chi connectivity index (χ4v) is 3.00. The SMILES string of the molecule is COC(=O)c1ccc(OC(=O)COc2ccc(-c3ccccc3)cc2Br)cc1. The first-order valence-electron chi connectivity index (χ1n) is 8.43. The number of benzene rings is 3. The summed E-state index contributed by atoms with van der Waals surface area (Å²) in [5.74, 6) is -0.146. The summed E-state index contributed by atoms with van der Waals surface area (Å²) in [5, 5.41) is 0. The second-order valence-corrected chi connectivity index (χ2v) is 6.64. The van der Waals surface area contributed by atoms with Crippen LogP contribution in [0.2, 0.25) is 0 Å². The molecule has 0 fully saturated rings. The third kappa shape index (κ3) is 4.98. The van der Waals surface area contributed by atoms with Gasteiger partial charge < -0.3 is 14.2 Å². The van der Waals surface area contributed by atoms with Crippen molar-refractivity contribution in [2.45, 2.75) is 0 Å². The van der Waals surface area contributed by atoms with E-state index in [1.807, 2.05) is 42.5 Å². The number of methoxy groups -OCH3 is 1. The number of hydrogen-bond donors (Lipinski definition) is 0. The molecule has 0 radical (unpaired) electrons. The lowest BCUT2D eigenvalue weighted by molar-refractivity contribution is -0.136. The lowest BCUT2D eigenvalue weighted by Gasteiger charge is -2.10. The molecular weight excluding hydrogens is 424 g/mol. The molecule has 5 nitrogen and oxygen atoms in total. The minimum absolute atomic E-state index is 0.248. The van der Waals surface area contributed by atoms with Crippen LogP contribution in [0.3, 0.4) is 0 Å². The van der Waals surface area contributed by atoms with Crippen molar-refractivity contribution in [3.05, 3.63) is 82.8 Å². The molecule has 0 aliphatic carbocycles. The highest BCUT2D eigenvalue weighted by atomic mass is 79.9. The Morgan fingerprint density at radius 1 is 0.893 bits per heavy atom. The van der Waals surface area contributed by atoms with Gasteiger partial charge in [-0.3, -0.25) is 0 Å². The molecule has 0 heterocycles. The highest BCUT2D eigenvalue weighted by Crippen LogP contribution is 2.30. The average Bonchev–Trinajstić information content (AvgIpc) is 2.73. The number of rotatable bonds is 6. The van der Waals surface area contributed by atoms with Gasteiger partial charge in [0.15, 0.2) is 6.61 Å². The number of halogens is 1. The van der Waals surface area contributed by atoms with Crippen LogP contribution in [0, 0.1) is 0 Å². The van der Waals surface area contributed by atoms with Crippen molar-refractivity contribution in [2.75, 3.05) is 13.7 Å². The molecule has 0 bridgehead atoms. The van der Waals surface area contributed by atoms with Crippen molar-refractivity contribution < 1.29 is 23.8 Å². The Labute approximate surface area is 171 Å². The molecule has 28 heavy (non-hydrogen) atoms. The molecule has 0 spiro atoms. The molecule has 3 aromatic rings. The van der Waals surface area contributed by atoms with E-state index in [0.717, 1.165) is 15.6 Å². The smallest absolute Gasteiger partial charge is 0.349 e. The van der Waals surface area contributed by atoms with Gasteiger partial charge in [0.1, 0.15) is 11.5 Å². The van der Waals surface area contributed by atoms with Gasteiger partial charge in [0, 0.05) is 0 Å². The summed E-state index contributed by atoms with van der Waals surface area (Å²) < 4.78 is 16.1. The van der Waals surface area contributed by atoms with E-state index in [9.17, 15) is 9.59 Å². The predicted molar refractivity (Wildman–Crippen MR) is 108 cm³/mol. The molecule has 0 aromatic heterocycles. The van der Waals surface area contributed by atoms with Crippen LogP contribution in [0.15, 0.2) is 77.3 Å². The first-order valence-corrected chi connectivity index (χ1v) is 9.23. The van der Waals surface area contributed by atoms with Gasteiger partial charge in [-0.25, -0.2) is 9.59 Å². The van der Waals surface area contributed by atoms with Crippen LogP contribution in [0.5, 0.6) is 11.5 Å². The zero-order chi connectivity index (χ0) is 19.9. The first kappa shape index (κ1) is 19.6. The largest absolute Gasteiger partial charge is 0.481 e. The van der Waals surface area contributed by atoms with Gasteiger partial charge in [-0.2, -0.15) is 0 Å². The van der Waals surface area contributed by atoms with E-state index in [1.54, 1.807) is 6.07 Å². The summed E-state index contributed by atoms with van der Waals surface area (Å²) in [6.07, 6.45) is 0. The summed E-state index contributed by atoms with van der Waals surface area (Å²) in [5.41, 5.74) is 2.50. The molecule has 0 saturated carbocycles. The summed E-state index contributed by atoms with van der Waals surface area (Å²) >= 11 is 3.47. The molecule has 0 N–H and O–H groups in total. The zero-order valence-corrected chi connectivity index (χ0v) is 16.6. The second-order valence-electron chi connectivity index (χ2n) is 5.79. The average molecular weight is 441 g/mol. The highest BCUT2D eigenvalue weighted by molar-refractivity contribution is 9.10. The molecule has 0 atom stereocenters. The van der Waals surface area contributed by atoms with Crippen LogP contribution >= 0.6 is 15.9 Å². The molecule has 6 heteroatoms. The summed E-state index contributed by atoms with van der Waals surface area (Å²) in [6, 6.07) is 21.7. The molecule has 3 rings (SSSR count). The van der Waals surface area contributed by atoms with Gasteiger partial charge in [0.05, 0.1) is 17.1 Å². The quantitative estimate of drug-likeness (QED) is 0.403. The summed E-state index contributed by atoms with van der Waals surface area (Å²) in [6.45, 7) is -0.248. The Morgan fingerprint density at radius 3 is 2.25 bits per heavy atom. The van der Waals surface area contributed by atoms with E-state index in [2.05, 4.69) is 20.7 Å². The van der Waals surface area contributed by atoms with Gasteiger partial charge in [-0.15, -0.1) is 0 Å². The Hall–Kier alpha value is -3.12. The lowest BCUT2D eigenvalue weighted by Crippen LogP contribution is -2.17. The van der Waals surface area contributed by atoms with E-state index in [-0.39, 0.29) is 6.61 Å². The highest BCUT2D eigenvalue weighted by Gasteiger charge is 2.11. The van der Waals surface area contributed by atoms with E-state index in [1.165, 1.54) is 31.4 Å². The molecular formula is C22H17BrO5. The normalized spacial score (nSPS) is 10.2. The van der Waals surface area contributed by atoms with Gasteiger partial charge >= 0.3 is 11.9 Å². The number of carbonyl (C=O) groups is 2. The van der Waals surface area contributed by atoms with Crippen LogP contribution in [0.25, 0.3) is 11.1 Å².